The van der Waals surface area contributed by atoms with Gasteiger partial charge in [0.05, 0.1) is 17.6 Å². The van der Waals surface area contributed by atoms with Gasteiger partial charge in [0.25, 0.3) is 0 Å². The normalized spacial score (nSPS) is 17.1. The topological polar surface area (TPSA) is 77.8 Å². The van der Waals surface area contributed by atoms with Crippen molar-refractivity contribution < 1.29 is 20.1 Å². The third-order valence-electron chi connectivity index (χ3n) is 1.35. The molecule has 4 nitrogen and oxygen atoms in total. The summed E-state index contributed by atoms with van der Waals surface area (Å²) in [6, 6.07) is 0. The number of aliphatic hydroxyl groups is 2. The summed E-state index contributed by atoms with van der Waals surface area (Å²) in [4.78, 5) is 10.3. The van der Waals surface area contributed by atoms with Gasteiger partial charge in [-0.05, 0) is 20.8 Å². The van der Waals surface area contributed by atoms with E-state index in [1.54, 1.807) is 0 Å². The molecule has 0 aromatic carbocycles. The van der Waals surface area contributed by atoms with Crippen LogP contribution in [0, 0.1) is 0 Å². The van der Waals surface area contributed by atoms with E-state index in [4.69, 9.17) is 5.11 Å². The highest BCUT2D eigenvalue weighted by atomic mass is 16.4. The largest absolute Gasteiger partial charge is 0.481 e. The molecule has 0 rings (SSSR count). The summed E-state index contributed by atoms with van der Waals surface area (Å²) in [7, 11) is 0. The van der Waals surface area contributed by atoms with Crippen molar-refractivity contribution in [3.05, 3.63) is 0 Å². The molecule has 12 heavy (non-hydrogen) atoms. The van der Waals surface area contributed by atoms with Crippen molar-refractivity contribution in [2.24, 2.45) is 0 Å². The van der Waals surface area contributed by atoms with E-state index in [2.05, 4.69) is 0 Å². The van der Waals surface area contributed by atoms with Gasteiger partial charge in [0.15, 0.2) is 0 Å². The first kappa shape index (κ1) is 11.4. The van der Waals surface area contributed by atoms with E-state index in [1.807, 2.05) is 0 Å². The molecule has 3 N–H and O–H groups in total. The fourth-order valence-electron chi connectivity index (χ4n) is 1.32. The van der Waals surface area contributed by atoms with Crippen molar-refractivity contribution in [1.29, 1.82) is 0 Å². The zero-order valence-corrected chi connectivity index (χ0v) is 7.66. The van der Waals surface area contributed by atoms with Gasteiger partial charge in [-0.15, -0.1) is 0 Å². The minimum Gasteiger partial charge on any atom is -0.481 e. The van der Waals surface area contributed by atoms with E-state index >= 15 is 0 Å². The summed E-state index contributed by atoms with van der Waals surface area (Å²) >= 11 is 0. The number of carboxylic acid groups (broad SMARTS) is 1. The summed E-state index contributed by atoms with van der Waals surface area (Å²) in [6.45, 7) is 4.46. The molecule has 0 aliphatic heterocycles. The van der Waals surface area contributed by atoms with Crippen LogP contribution in [0.4, 0.5) is 0 Å². The monoisotopic (exact) mass is 176 g/mol. The SMILES string of the molecule is CC(C)(O)CC(C)(O)CC(=O)O. The van der Waals surface area contributed by atoms with E-state index in [-0.39, 0.29) is 12.8 Å². The molecule has 72 valence electrons. The van der Waals surface area contributed by atoms with Crippen molar-refractivity contribution in [3.63, 3.8) is 0 Å². The van der Waals surface area contributed by atoms with Gasteiger partial charge >= 0.3 is 5.97 Å². The van der Waals surface area contributed by atoms with Crippen LogP contribution in [0.2, 0.25) is 0 Å². The Morgan fingerprint density at radius 1 is 1.25 bits per heavy atom. The van der Waals surface area contributed by atoms with Crippen LogP contribution in [0.15, 0.2) is 0 Å². The first-order valence-electron chi connectivity index (χ1n) is 3.79. The molecule has 0 fully saturated rings. The summed E-state index contributed by atoms with van der Waals surface area (Å²) in [5, 5.41) is 27.2. The van der Waals surface area contributed by atoms with Crippen molar-refractivity contribution in [1.82, 2.24) is 0 Å². The van der Waals surface area contributed by atoms with Crippen LogP contribution >= 0.6 is 0 Å². The van der Waals surface area contributed by atoms with Crippen LogP contribution in [0.1, 0.15) is 33.6 Å². The van der Waals surface area contributed by atoms with Crippen molar-refractivity contribution in [2.45, 2.75) is 44.8 Å². The summed E-state index contributed by atoms with van der Waals surface area (Å²) in [6.07, 6.45) is -0.302. The maximum atomic E-state index is 10.3. The second-order valence-corrected chi connectivity index (χ2v) is 4.06. The predicted molar refractivity (Wildman–Crippen MR) is 43.8 cm³/mol. The minimum atomic E-state index is -1.34. The fraction of sp³-hybridized carbons (Fsp3) is 0.875. The maximum absolute atomic E-state index is 10.3. The maximum Gasteiger partial charge on any atom is 0.306 e. The Hall–Kier alpha value is -0.610. The summed E-state index contributed by atoms with van der Waals surface area (Å²) < 4.78 is 0. The molecule has 0 saturated carbocycles. The smallest absolute Gasteiger partial charge is 0.306 e. The number of rotatable bonds is 4. The Labute approximate surface area is 71.8 Å². The summed E-state index contributed by atoms with van der Waals surface area (Å²) in [5.74, 6) is -1.07. The Morgan fingerprint density at radius 3 is 1.92 bits per heavy atom. The first-order valence-corrected chi connectivity index (χ1v) is 3.79. The molecule has 0 amide bonds. The lowest BCUT2D eigenvalue weighted by Crippen LogP contribution is -2.37. The molecule has 0 aromatic rings. The molecule has 0 radical (unpaired) electrons. The minimum absolute atomic E-state index is 0.0479. The number of aliphatic carboxylic acids is 1. The number of hydrogen-bond donors (Lipinski definition) is 3. The van der Waals surface area contributed by atoms with Gasteiger partial charge in [-0.2, -0.15) is 0 Å². The van der Waals surface area contributed by atoms with Crippen LogP contribution in [-0.4, -0.2) is 32.5 Å². The Kier molecular flexibility index (Phi) is 3.24. The molecular formula is C8H16O4. The molecule has 4 heteroatoms. The standard InChI is InChI=1S/C8H16O4/c1-7(2,11)5-8(3,12)4-6(9)10/h11-12H,4-5H2,1-3H3,(H,9,10). The van der Waals surface area contributed by atoms with Gasteiger partial charge in [-0.3, -0.25) is 4.79 Å². The predicted octanol–water partition coefficient (Wildman–Crippen LogP) is 0.373. The third kappa shape index (κ3) is 6.12. The Bertz CT molecular complexity index is 166. The third-order valence-corrected chi connectivity index (χ3v) is 1.35. The van der Waals surface area contributed by atoms with Crippen LogP contribution in [0.5, 0.6) is 0 Å². The van der Waals surface area contributed by atoms with Crippen molar-refractivity contribution in [3.8, 4) is 0 Å². The quantitative estimate of drug-likeness (QED) is 0.578. The first-order chi connectivity index (χ1) is 5.12. The highest BCUT2D eigenvalue weighted by molar-refractivity contribution is 5.68. The van der Waals surface area contributed by atoms with Gasteiger partial charge in [-0.25, -0.2) is 0 Å². The molecular weight excluding hydrogens is 160 g/mol. The summed E-state index contributed by atoms with van der Waals surface area (Å²) in [5.41, 5.74) is -2.39. The lowest BCUT2D eigenvalue weighted by molar-refractivity contribution is -0.143. The lowest BCUT2D eigenvalue weighted by atomic mass is 9.88. The average molecular weight is 176 g/mol. The second-order valence-electron chi connectivity index (χ2n) is 4.06. The van der Waals surface area contributed by atoms with Crippen LogP contribution in [0.3, 0.4) is 0 Å². The molecule has 1 atom stereocenters. The number of carbonyl (C=O) groups is 1. The Morgan fingerprint density at radius 2 is 1.67 bits per heavy atom. The van der Waals surface area contributed by atoms with E-state index in [0.717, 1.165) is 0 Å². The molecule has 0 aliphatic carbocycles. The highest BCUT2D eigenvalue weighted by Gasteiger charge is 2.30. The molecule has 0 heterocycles. The van der Waals surface area contributed by atoms with Gasteiger partial charge in [0.2, 0.25) is 0 Å². The van der Waals surface area contributed by atoms with Gasteiger partial charge in [0.1, 0.15) is 0 Å². The average Bonchev–Trinajstić information content (AvgIpc) is 1.48. The zero-order chi connectivity index (χ0) is 9.99. The van der Waals surface area contributed by atoms with Crippen molar-refractivity contribution >= 4 is 5.97 Å². The van der Waals surface area contributed by atoms with Gasteiger partial charge in [0, 0.05) is 6.42 Å². The number of carboxylic acids is 1. The van der Waals surface area contributed by atoms with Gasteiger partial charge < -0.3 is 15.3 Å². The zero-order valence-electron chi connectivity index (χ0n) is 7.66. The Balaban J connectivity index is 4.13. The molecule has 1 unspecified atom stereocenters. The van der Waals surface area contributed by atoms with Gasteiger partial charge in [-0.1, -0.05) is 0 Å². The molecule has 0 saturated heterocycles. The second kappa shape index (κ2) is 3.41. The van der Waals surface area contributed by atoms with Crippen molar-refractivity contribution in [2.75, 3.05) is 0 Å². The van der Waals surface area contributed by atoms with E-state index < -0.39 is 17.2 Å². The number of hydrogen-bond acceptors (Lipinski definition) is 3. The highest BCUT2D eigenvalue weighted by Crippen LogP contribution is 2.22. The molecule has 0 spiro atoms. The molecule has 0 bridgehead atoms. The van der Waals surface area contributed by atoms with E-state index in [0.29, 0.717) is 0 Å². The van der Waals surface area contributed by atoms with E-state index in [1.165, 1.54) is 20.8 Å². The molecule has 0 aromatic heterocycles. The molecule has 0 aliphatic rings. The lowest BCUT2D eigenvalue weighted by Gasteiger charge is -2.28. The van der Waals surface area contributed by atoms with E-state index in [9.17, 15) is 15.0 Å². The van der Waals surface area contributed by atoms with Crippen LogP contribution in [-0.2, 0) is 4.79 Å². The van der Waals surface area contributed by atoms with Crippen LogP contribution in [0.25, 0.3) is 0 Å². The van der Waals surface area contributed by atoms with Crippen LogP contribution < -0.4 is 0 Å². The fourth-order valence-corrected chi connectivity index (χ4v) is 1.32.